The molecule has 0 saturated carbocycles. The summed E-state index contributed by atoms with van der Waals surface area (Å²) in [5, 5.41) is 18.3. The average molecular weight is 239 g/mol. The van der Waals surface area contributed by atoms with Gasteiger partial charge in [0.15, 0.2) is 11.5 Å². The van der Waals surface area contributed by atoms with Gasteiger partial charge in [0, 0.05) is 19.4 Å². The van der Waals surface area contributed by atoms with Crippen molar-refractivity contribution in [3.63, 3.8) is 0 Å². The van der Waals surface area contributed by atoms with Crippen molar-refractivity contribution in [1.82, 2.24) is 0 Å². The molecule has 1 aromatic rings. The Hall–Kier alpha value is -1.75. The van der Waals surface area contributed by atoms with E-state index in [1.54, 1.807) is 18.3 Å². The minimum absolute atomic E-state index is 0.0255. The molecule has 0 fully saturated rings. The molecule has 0 aliphatic carbocycles. The number of rotatable bonds is 6. The molecule has 1 rings (SSSR count). The van der Waals surface area contributed by atoms with Crippen molar-refractivity contribution in [3.8, 4) is 17.2 Å². The van der Waals surface area contributed by atoms with E-state index >= 15 is 0 Å². The van der Waals surface area contributed by atoms with Gasteiger partial charge in [-0.15, -0.1) is 0 Å². The Kier molecular flexibility index (Phi) is 5.29. The van der Waals surface area contributed by atoms with E-state index in [0.717, 1.165) is 5.56 Å². The minimum Gasteiger partial charge on any atom is -0.502 e. The number of aliphatic hydroxyl groups is 1. The SMILES string of the molecule is COc1cc(C=NCCCO)cc(OC)c1O. The number of benzene rings is 1. The molecule has 0 bridgehead atoms. The fourth-order valence-electron chi connectivity index (χ4n) is 1.32. The lowest BCUT2D eigenvalue weighted by molar-refractivity contribution is 0.291. The van der Waals surface area contributed by atoms with Gasteiger partial charge < -0.3 is 19.7 Å². The lowest BCUT2D eigenvalue weighted by Gasteiger charge is -2.09. The van der Waals surface area contributed by atoms with E-state index in [-0.39, 0.29) is 12.4 Å². The van der Waals surface area contributed by atoms with Gasteiger partial charge in [-0.1, -0.05) is 0 Å². The highest BCUT2D eigenvalue weighted by atomic mass is 16.5. The van der Waals surface area contributed by atoms with Crippen molar-refractivity contribution >= 4 is 6.21 Å². The van der Waals surface area contributed by atoms with Crippen molar-refractivity contribution in [2.75, 3.05) is 27.4 Å². The third kappa shape index (κ3) is 3.64. The molecule has 5 nitrogen and oxygen atoms in total. The maximum absolute atomic E-state index is 9.70. The molecule has 17 heavy (non-hydrogen) atoms. The van der Waals surface area contributed by atoms with Crippen molar-refractivity contribution in [1.29, 1.82) is 0 Å². The topological polar surface area (TPSA) is 71.3 Å². The van der Waals surface area contributed by atoms with E-state index in [4.69, 9.17) is 14.6 Å². The zero-order chi connectivity index (χ0) is 12.7. The van der Waals surface area contributed by atoms with Crippen LogP contribution < -0.4 is 9.47 Å². The summed E-state index contributed by atoms with van der Waals surface area (Å²) in [4.78, 5) is 4.13. The number of phenols is 1. The van der Waals surface area contributed by atoms with Gasteiger partial charge in [0.2, 0.25) is 5.75 Å². The number of aliphatic hydroxyl groups excluding tert-OH is 1. The number of ether oxygens (including phenoxy) is 2. The molecule has 0 atom stereocenters. The molecule has 0 aromatic heterocycles. The summed E-state index contributed by atoms with van der Waals surface area (Å²) >= 11 is 0. The highest BCUT2D eigenvalue weighted by Gasteiger charge is 2.09. The van der Waals surface area contributed by atoms with Crippen LogP contribution in [0.25, 0.3) is 0 Å². The molecule has 0 aliphatic heterocycles. The zero-order valence-corrected chi connectivity index (χ0v) is 10.0. The van der Waals surface area contributed by atoms with Crippen LogP contribution in [0.4, 0.5) is 0 Å². The molecule has 0 spiro atoms. The lowest BCUT2D eigenvalue weighted by atomic mass is 10.2. The predicted octanol–water partition coefficient (Wildman–Crippen LogP) is 1.21. The first-order chi connectivity index (χ1) is 8.22. The summed E-state index contributed by atoms with van der Waals surface area (Å²) in [6.45, 7) is 0.682. The Morgan fingerprint density at radius 3 is 2.29 bits per heavy atom. The van der Waals surface area contributed by atoms with Crippen LogP contribution >= 0.6 is 0 Å². The molecule has 0 aliphatic rings. The number of methoxy groups -OCH3 is 2. The smallest absolute Gasteiger partial charge is 0.200 e. The van der Waals surface area contributed by atoms with Gasteiger partial charge >= 0.3 is 0 Å². The molecular weight excluding hydrogens is 222 g/mol. The van der Waals surface area contributed by atoms with Gasteiger partial charge in [0.25, 0.3) is 0 Å². The maximum Gasteiger partial charge on any atom is 0.200 e. The molecule has 0 unspecified atom stereocenters. The molecule has 2 N–H and O–H groups in total. The number of nitrogens with zero attached hydrogens (tertiary/aromatic N) is 1. The number of aromatic hydroxyl groups is 1. The van der Waals surface area contributed by atoms with Crippen LogP contribution in [0.5, 0.6) is 17.2 Å². The van der Waals surface area contributed by atoms with E-state index in [2.05, 4.69) is 4.99 Å². The van der Waals surface area contributed by atoms with E-state index in [1.807, 2.05) is 0 Å². The Morgan fingerprint density at radius 2 is 1.82 bits per heavy atom. The van der Waals surface area contributed by atoms with Crippen molar-refractivity contribution in [3.05, 3.63) is 17.7 Å². The molecule has 0 radical (unpaired) electrons. The Balaban J connectivity index is 2.89. The number of hydrogen-bond donors (Lipinski definition) is 2. The summed E-state index contributed by atoms with van der Waals surface area (Å²) in [6, 6.07) is 3.33. The van der Waals surface area contributed by atoms with Gasteiger partial charge in [-0.25, -0.2) is 0 Å². The summed E-state index contributed by atoms with van der Waals surface area (Å²) in [6.07, 6.45) is 2.28. The van der Waals surface area contributed by atoms with Crippen molar-refractivity contribution < 1.29 is 19.7 Å². The molecule has 0 saturated heterocycles. The van der Waals surface area contributed by atoms with Gasteiger partial charge in [-0.3, -0.25) is 4.99 Å². The Morgan fingerprint density at radius 1 is 1.24 bits per heavy atom. The Labute approximate surface area is 100 Å². The summed E-state index contributed by atoms with van der Waals surface area (Å²) in [7, 11) is 2.95. The van der Waals surface area contributed by atoms with E-state index < -0.39 is 0 Å². The number of hydrogen-bond acceptors (Lipinski definition) is 5. The fraction of sp³-hybridized carbons (Fsp3) is 0.417. The second-order valence-electron chi connectivity index (χ2n) is 3.39. The second-order valence-corrected chi connectivity index (χ2v) is 3.39. The molecular formula is C12H17NO4. The number of phenolic OH excluding ortho intramolecular Hbond substituents is 1. The third-order valence-corrected chi connectivity index (χ3v) is 2.19. The van der Waals surface area contributed by atoms with Crippen LogP contribution in [0.15, 0.2) is 17.1 Å². The molecule has 0 amide bonds. The highest BCUT2D eigenvalue weighted by Crippen LogP contribution is 2.36. The minimum atomic E-state index is -0.0255. The second kappa shape index (κ2) is 6.75. The number of aliphatic imine (C=N–C) groups is 1. The van der Waals surface area contributed by atoms with E-state index in [1.165, 1.54) is 14.2 Å². The van der Waals surface area contributed by atoms with Gasteiger partial charge in [0.1, 0.15) is 0 Å². The average Bonchev–Trinajstić information content (AvgIpc) is 2.36. The molecule has 5 heteroatoms. The van der Waals surface area contributed by atoms with Crippen LogP contribution in [-0.4, -0.2) is 43.8 Å². The van der Waals surface area contributed by atoms with Gasteiger partial charge in [-0.05, 0) is 24.1 Å². The van der Waals surface area contributed by atoms with E-state index in [9.17, 15) is 5.11 Å². The molecule has 0 heterocycles. The summed E-state index contributed by atoms with van der Waals surface area (Å²) in [5.74, 6) is 0.656. The normalized spacial score (nSPS) is 10.8. The fourth-order valence-corrected chi connectivity index (χ4v) is 1.32. The van der Waals surface area contributed by atoms with Crippen LogP contribution in [0.1, 0.15) is 12.0 Å². The van der Waals surface area contributed by atoms with Crippen LogP contribution in [0.2, 0.25) is 0 Å². The van der Waals surface area contributed by atoms with Crippen LogP contribution in [-0.2, 0) is 0 Å². The molecule has 1 aromatic carbocycles. The lowest BCUT2D eigenvalue weighted by Crippen LogP contribution is -1.93. The highest BCUT2D eigenvalue weighted by molar-refractivity contribution is 5.82. The molecule has 94 valence electrons. The predicted molar refractivity (Wildman–Crippen MR) is 65.4 cm³/mol. The first-order valence-corrected chi connectivity index (χ1v) is 5.28. The zero-order valence-electron chi connectivity index (χ0n) is 10.0. The van der Waals surface area contributed by atoms with E-state index in [0.29, 0.717) is 24.5 Å². The maximum atomic E-state index is 9.70. The summed E-state index contributed by atoms with van der Waals surface area (Å²) < 4.78 is 10.0. The third-order valence-electron chi connectivity index (χ3n) is 2.19. The van der Waals surface area contributed by atoms with Crippen LogP contribution in [0.3, 0.4) is 0 Å². The van der Waals surface area contributed by atoms with Gasteiger partial charge in [-0.2, -0.15) is 0 Å². The largest absolute Gasteiger partial charge is 0.502 e. The van der Waals surface area contributed by atoms with Crippen molar-refractivity contribution in [2.45, 2.75) is 6.42 Å². The quantitative estimate of drug-likeness (QED) is 0.578. The first-order valence-electron chi connectivity index (χ1n) is 5.28. The first kappa shape index (κ1) is 13.3. The summed E-state index contributed by atoms with van der Waals surface area (Å²) in [5.41, 5.74) is 0.773. The van der Waals surface area contributed by atoms with Crippen LogP contribution in [0, 0.1) is 0 Å². The Bertz CT molecular complexity index is 365. The van der Waals surface area contributed by atoms with Crippen molar-refractivity contribution in [2.24, 2.45) is 4.99 Å². The van der Waals surface area contributed by atoms with Gasteiger partial charge in [0.05, 0.1) is 14.2 Å². The monoisotopic (exact) mass is 239 g/mol. The standard InChI is InChI=1S/C12H17NO4/c1-16-10-6-9(8-13-4-3-5-14)7-11(17-2)12(10)15/h6-8,14-15H,3-5H2,1-2H3.